The van der Waals surface area contributed by atoms with E-state index in [-0.39, 0.29) is 11.9 Å². The maximum atomic E-state index is 11.6. The molecule has 1 aromatic rings. The van der Waals surface area contributed by atoms with Crippen LogP contribution in [0.15, 0.2) is 18.5 Å². The number of nitrogens with zero attached hydrogens (tertiary/aromatic N) is 2. The molecule has 1 rings (SSSR count). The van der Waals surface area contributed by atoms with E-state index in [1.165, 1.54) is 0 Å². The molecule has 0 aliphatic rings. The standard InChI is InChI=1S/C12H20N4O/c1-9(2)15-12(17)8-16(4)11-5-10(13-3)6-14-7-11/h5-7,9,13H,8H2,1-4H3,(H,15,17). The number of pyridine rings is 1. The molecule has 5 nitrogen and oxygen atoms in total. The Bertz CT molecular complexity index is 379. The number of hydrogen-bond acceptors (Lipinski definition) is 4. The molecule has 0 fully saturated rings. The molecule has 0 unspecified atom stereocenters. The van der Waals surface area contributed by atoms with Gasteiger partial charge in [-0.25, -0.2) is 0 Å². The Morgan fingerprint density at radius 1 is 1.47 bits per heavy atom. The molecule has 0 aliphatic heterocycles. The fraction of sp³-hybridized carbons (Fsp3) is 0.500. The van der Waals surface area contributed by atoms with Gasteiger partial charge in [0, 0.05) is 20.1 Å². The van der Waals surface area contributed by atoms with Crippen LogP contribution in [0.25, 0.3) is 0 Å². The van der Waals surface area contributed by atoms with E-state index in [0.29, 0.717) is 6.54 Å². The number of amides is 1. The summed E-state index contributed by atoms with van der Waals surface area (Å²) in [5, 5.41) is 5.87. The quantitative estimate of drug-likeness (QED) is 0.803. The highest BCUT2D eigenvalue weighted by atomic mass is 16.2. The zero-order valence-electron chi connectivity index (χ0n) is 10.8. The first-order valence-electron chi connectivity index (χ1n) is 5.66. The topological polar surface area (TPSA) is 57.3 Å². The molecule has 94 valence electrons. The minimum absolute atomic E-state index is 0.0114. The highest BCUT2D eigenvalue weighted by Crippen LogP contribution is 2.15. The van der Waals surface area contributed by atoms with E-state index in [1.807, 2.05) is 38.9 Å². The predicted octanol–water partition coefficient (Wildman–Crippen LogP) is 1.08. The van der Waals surface area contributed by atoms with Crippen LogP contribution < -0.4 is 15.5 Å². The Morgan fingerprint density at radius 3 is 2.76 bits per heavy atom. The van der Waals surface area contributed by atoms with Crippen LogP contribution in [-0.4, -0.2) is 37.6 Å². The Hall–Kier alpha value is -1.78. The molecule has 0 saturated heterocycles. The lowest BCUT2D eigenvalue weighted by molar-refractivity contribution is -0.120. The second-order valence-corrected chi connectivity index (χ2v) is 4.26. The molecule has 5 heteroatoms. The molecular formula is C12H20N4O. The SMILES string of the molecule is CNc1cncc(N(C)CC(=O)NC(C)C)c1. The largest absolute Gasteiger partial charge is 0.387 e. The molecule has 0 atom stereocenters. The maximum Gasteiger partial charge on any atom is 0.239 e. The van der Waals surface area contributed by atoms with E-state index >= 15 is 0 Å². The van der Waals surface area contributed by atoms with E-state index in [1.54, 1.807) is 12.4 Å². The van der Waals surface area contributed by atoms with Gasteiger partial charge in [-0.05, 0) is 19.9 Å². The Kier molecular flexibility index (Phi) is 4.75. The van der Waals surface area contributed by atoms with Crippen molar-refractivity contribution in [3.8, 4) is 0 Å². The first-order chi connectivity index (χ1) is 8.02. The van der Waals surface area contributed by atoms with Crippen molar-refractivity contribution < 1.29 is 4.79 Å². The van der Waals surface area contributed by atoms with Gasteiger partial charge in [-0.1, -0.05) is 0 Å². The van der Waals surface area contributed by atoms with Crippen molar-refractivity contribution in [3.63, 3.8) is 0 Å². The first-order valence-corrected chi connectivity index (χ1v) is 5.66. The lowest BCUT2D eigenvalue weighted by Gasteiger charge is -2.19. The van der Waals surface area contributed by atoms with Crippen molar-refractivity contribution in [2.75, 3.05) is 30.9 Å². The lowest BCUT2D eigenvalue weighted by Crippen LogP contribution is -2.38. The van der Waals surface area contributed by atoms with Crippen LogP contribution in [0, 0.1) is 0 Å². The van der Waals surface area contributed by atoms with E-state index in [0.717, 1.165) is 11.4 Å². The zero-order chi connectivity index (χ0) is 12.8. The second kappa shape index (κ2) is 6.08. The average molecular weight is 236 g/mol. The highest BCUT2D eigenvalue weighted by molar-refractivity contribution is 5.81. The fourth-order valence-corrected chi connectivity index (χ4v) is 1.45. The number of carbonyl (C=O) groups is 1. The van der Waals surface area contributed by atoms with Gasteiger partial charge in [0.25, 0.3) is 0 Å². The minimum Gasteiger partial charge on any atom is -0.387 e. The molecule has 2 N–H and O–H groups in total. The molecular weight excluding hydrogens is 216 g/mol. The Balaban J connectivity index is 2.62. The van der Waals surface area contributed by atoms with Gasteiger partial charge in [0.15, 0.2) is 0 Å². The van der Waals surface area contributed by atoms with Gasteiger partial charge in [0.05, 0.1) is 30.3 Å². The van der Waals surface area contributed by atoms with Crippen molar-refractivity contribution in [2.45, 2.75) is 19.9 Å². The van der Waals surface area contributed by atoms with Crippen LogP contribution in [0.4, 0.5) is 11.4 Å². The Labute approximate surface area is 102 Å². The van der Waals surface area contributed by atoms with Gasteiger partial charge in [0.1, 0.15) is 0 Å². The first kappa shape index (κ1) is 13.3. The van der Waals surface area contributed by atoms with Gasteiger partial charge in [-0.15, -0.1) is 0 Å². The average Bonchev–Trinajstić information content (AvgIpc) is 2.27. The summed E-state index contributed by atoms with van der Waals surface area (Å²) in [4.78, 5) is 17.6. The van der Waals surface area contributed by atoms with Gasteiger partial charge in [-0.2, -0.15) is 0 Å². The van der Waals surface area contributed by atoms with Crippen molar-refractivity contribution in [1.29, 1.82) is 0 Å². The molecule has 1 heterocycles. The van der Waals surface area contributed by atoms with Crippen LogP contribution in [0.3, 0.4) is 0 Å². The van der Waals surface area contributed by atoms with Crippen LogP contribution in [0.5, 0.6) is 0 Å². The molecule has 0 radical (unpaired) electrons. The van der Waals surface area contributed by atoms with Crippen molar-refractivity contribution in [2.24, 2.45) is 0 Å². The predicted molar refractivity (Wildman–Crippen MR) is 70.3 cm³/mol. The third-order valence-electron chi connectivity index (χ3n) is 2.28. The number of nitrogens with one attached hydrogen (secondary N) is 2. The van der Waals surface area contributed by atoms with Gasteiger partial charge in [0.2, 0.25) is 5.91 Å². The molecule has 1 amide bonds. The molecule has 0 bridgehead atoms. The van der Waals surface area contributed by atoms with E-state index in [9.17, 15) is 4.79 Å². The van der Waals surface area contributed by atoms with Crippen molar-refractivity contribution in [1.82, 2.24) is 10.3 Å². The number of rotatable bonds is 5. The van der Waals surface area contributed by atoms with E-state index < -0.39 is 0 Å². The molecule has 0 aromatic carbocycles. The van der Waals surface area contributed by atoms with Crippen LogP contribution in [0.1, 0.15) is 13.8 Å². The van der Waals surface area contributed by atoms with Crippen LogP contribution in [0.2, 0.25) is 0 Å². The third-order valence-corrected chi connectivity index (χ3v) is 2.28. The molecule has 0 aliphatic carbocycles. The molecule has 17 heavy (non-hydrogen) atoms. The van der Waals surface area contributed by atoms with Crippen molar-refractivity contribution in [3.05, 3.63) is 18.5 Å². The van der Waals surface area contributed by atoms with Crippen LogP contribution >= 0.6 is 0 Å². The minimum atomic E-state index is 0.0114. The summed E-state index contributed by atoms with van der Waals surface area (Å²) >= 11 is 0. The maximum absolute atomic E-state index is 11.6. The fourth-order valence-electron chi connectivity index (χ4n) is 1.45. The summed E-state index contributed by atoms with van der Waals surface area (Å²) < 4.78 is 0. The molecule has 0 spiro atoms. The van der Waals surface area contributed by atoms with Crippen molar-refractivity contribution >= 4 is 17.3 Å². The summed E-state index contributed by atoms with van der Waals surface area (Å²) in [6, 6.07) is 2.12. The number of carbonyl (C=O) groups excluding carboxylic acids is 1. The number of aromatic nitrogens is 1. The second-order valence-electron chi connectivity index (χ2n) is 4.26. The van der Waals surface area contributed by atoms with E-state index in [4.69, 9.17) is 0 Å². The zero-order valence-corrected chi connectivity index (χ0v) is 10.8. The van der Waals surface area contributed by atoms with Crippen LogP contribution in [-0.2, 0) is 4.79 Å². The molecule has 0 saturated carbocycles. The van der Waals surface area contributed by atoms with Gasteiger partial charge < -0.3 is 15.5 Å². The highest BCUT2D eigenvalue weighted by Gasteiger charge is 2.08. The summed E-state index contributed by atoms with van der Waals surface area (Å²) in [6.45, 7) is 4.22. The number of hydrogen-bond donors (Lipinski definition) is 2. The normalized spacial score (nSPS) is 10.2. The number of anilines is 2. The smallest absolute Gasteiger partial charge is 0.239 e. The van der Waals surface area contributed by atoms with E-state index in [2.05, 4.69) is 15.6 Å². The summed E-state index contributed by atoms with van der Waals surface area (Å²) in [7, 11) is 3.71. The molecule has 1 aromatic heterocycles. The van der Waals surface area contributed by atoms with Gasteiger partial charge >= 0.3 is 0 Å². The summed E-state index contributed by atoms with van der Waals surface area (Å²) in [5.41, 5.74) is 1.84. The van der Waals surface area contributed by atoms with Gasteiger partial charge in [-0.3, -0.25) is 9.78 Å². The monoisotopic (exact) mass is 236 g/mol. The summed E-state index contributed by atoms with van der Waals surface area (Å²) in [6.07, 6.45) is 3.48. The number of likely N-dealkylation sites (N-methyl/N-ethyl adjacent to an activating group) is 1. The summed E-state index contributed by atoms with van der Waals surface area (Å²) in [5.74, 6) is 0.0114. The third kappa shape index (κ3) is 4.30. The Morgan fingerprint density at radius 2 is 2.18 bits per heavy atom. The lowest BCUT2D eigenvalue weighted by atomic mass is 10.3.